The average molecular weight is 427 g/mol. The summed E-state index contributed by atoms with van der Waals surface area (Å²) in [4.78, 5) is 15.0. The normalized spacial score (nSPS) is 21.5. The maximum Gasteiger partial charge on any atom is 0.220 e. The summed E-state index contributed by atoms with van der Waals surface area (Å²) in [7, 11) is -0.823. The Morgan fingerprint density at radius 3 is 2.30 bits per heavy atom. The predicted molar refractivity (Wildman–Crippen MR) is 119 cm³/mol. The summed E-state index contributed by atoms with van der Waals surface area (Å²) in [6.07, 6.45) is 2.68. The number of sulfone groups is 1. The van der Waals surface area contributed by atoms with Crippen LogP contribution in [0.4, 0.5) is 0 Å². The molecule has 1 amide bonds. The lowest BCUT2D eigenvalue weighted by Gasteiger charge is -2.39. The second-order valence-corrected chi connectivity index (χ2v) is 11.2. The van der Waals surface area contributed by atoms with Gasteiger partial charge < -0.3 is 5.32 Å². The molecule has 2 aromatic rings. The van der Waals surface area contributed by atoms with E-state index in [1.165, 1.54) is 16.7 Å². The van der Waals surface area contributed by atoms with Crippen molar-refractivity contribution in [1.29, 1.82) is 0 Å². The molecule has 0 radical (unpaired) electrons. The SMILES string of the molecule is CN(Cc1ccccc1)C1(CNC(=O)CC2CCS(=O)(=O)C2)Cc2ccccc2C1. The number of fused-ring (bicyclic) bond motifs is 1. The van der Waals surface area contributed by atoms with Crippen molar-refractivity contribution < 1.29 is 13.2 Å². The molecule has 6 heteroatoms. The molecule has 2 aromatic carbocycles. The molecule has 0 spiro atoms. The first-order valence-corrected chi connectivity index (χ1v) is 12.5. The summed E-state index contributed by atoms with van der Waals surface area (Å²) < 4.78 is 23.4. The summed E-state index contributed by atoms with van der Waals surface area (Å²) in [6.45, 7) is 1.37. The molecule has 160 valence electrons. The van der Waals surface area contributed by atoms with Crippen LogP contribution >= 0.6 is 0 Å². The zero-order chi connectivity index (χ0) is 21.2. The Labute approximate surface area is 179 Å². The molecule has 0 aromatic heterocycles. The Kier molecular flexibility index (Phi) is 5.98. The fraction of sp³-hybridized carbons (Fsp3) is 0.458. The fourth-order valence-corrected chi connectivity index (χ4v) is 6.72. The van der Waals surface area contributed by atoms with Gasteiger partial charge in [-0.15, -0.1) is 0 Å². The highest BCUT2D eigenvalue weighted by Crippen LogP contribution is 2.34. The van der Waals surface area contributed by atoms with Gasteiger partial charge in [-0.05, 0) is 48.9 Å². The molecular formula is C24H30N2O3S. The number of rotatable bonds is 7. The van der Waals surface area contributed by atoms with E-state index < -0.39 is 9.84 Å². The smallest absolute Gasteiger partial charge is 0.220 e. The van der Waals surface area contributed by atoms with E-state index in [-0.39, 0.29) is 28.9 Å². The van der Waals surface area contributed by atoms with E-state index >= 15 is 0 Å². The van der Waals surface area contributed by atoms with Crippen LogP contribution < -0.4 is 5.32 Å². The van der Waals surface area contributed by atoms with E-state index in [0.717, 1.165) is 19.4 Å². The fourth-order valence-electron chi connectivity index (χ4n) is 4.86. The van der Waals surface area contributed by atoms with Crippen LogP contribution in [0.2, 0.25) is 0 Å². The topological polar surface area (TPSA) is 66.5 Å². The number of benzene rings is 2. The van der Waals surface area contributed by atoms with Crippen molar-refractivity contribution in [3.8, 4) is 0 Å². The van der Waals surface area contributed by atoms with Crippen molar-refractivity contribution in [2.75, 3.05) is 25.1 Å². The lowest BCUT2D eigenvalue weighted by atomic mass is 9.92. The minimum atomic E-state index is -2.96. The Hall–Kier alpha value is -2.18. The summed E-state index contributed by atoms with van der Waals surface area (Å²) in [5, 5.41) is 3.15. The highest BCUT2D eigenvalue weighted by atomic mass is 32.2. The molecule has 0 bridgehead atoms. The number of likely N-dealkylation sites (N-methyl/N-ethyl adjacent to an activating group) is 1. The van der Waals surface area contributed by atoms with E-state index in [2.05, 4.69) is 65.8 Å². The lowest BCUT2D eigenvalue weighted by molar-refractivity contribution is -0.122. The van der Waals surface area contributed by atoms with E-state index in [1.807, 2.05) is 6.07 Å². The van der Waals surface area contributed by atoms with Crippen LogP contribution in [-0.2, 0) is 34.0 Å². The van der Waals surface area contributed by atoms with E-state index in [4.69, 9.17) is 0 Å². The molecule has 1 heterocycles. The predicted octanol–water partition coefficient (Wildman–Crippen LogP) is 2.60. The first-order valence-electron chi connectivity index (χ1n) is 10.6. The second kappa shape index (κ2) is 8.52. The zero-order valence-electron chi connectivity index (χ0n) is 17.5. The molecule has 4 rings (SSSR count). The van der Waals surface area contributed by atoms with Gasteiger partial charge >= 0.3 is 0 Å². The Balaban J connectivity index is 1.45. The van der Waals surface area contributed by atoms with E-state index in [9.17, 15) is 13.2 Å². The zero-order valence-corrected chi connectivity index (χ0v) is 18.3. The van der Waals surface area contributed by atoms with Crippen molar-refractivity contribution in [3.05, 3.63) is 71.3 Å². The third-order valence-corrected chi connectivity index (χ3v) is 8.48. The van der Waals surface area contributed by atoms with Gasteiger partial charge in [0.15, 0.2) is 9.84 Å². The third kappa shape index (κ3) is 4.76. The van der Waals surface area contributed by atoms with Crippen molar-refractivity contribution in [2.24, 2.45) is 5.92 Å². The molecular weight excluding hydrogens is 396 g/mol. The molecule has 1 aliphatic heterocycles. The Morgan fingerprint density at radius 2 is 1.70 bits per heavy atom. The van der Waals surface area contributed by atoms with Gasteiger partial charge in [0, 0.05) is 25.0 Å². The van der Waals surface area contributed by atoms with Gasteiger partial charge in [-0.2, -0.15) is 0 Å². The highest BCUT2D eigenvalue weighted by molar-refractivity contribution is 7.91. The molecule has 1 saturated heterocycles. The minimum Gasteiger partial charge on any atom is -0.354 e. The second-order valence-electron chi connectivity index (χ2n) is 8.94. The van der Waals surface area contributed by atoms with E-state index in [0.29, 0.717) is 19.4 Å². The van der Waals surface area contributed by atoms with Crippen LogP contribution in [0.25, 0.3) is 0 Å². The van der Waals surface area contributed by atoms with Crippen LogP contribution in [0.15, 0.2) is 54.6 Å². The van der Waals surface area contributed by atoms with Gasteiger partial charge in [-0.1, -0.05) is 54.6 Å². The van der Waals surface area contributed by atoms with Crippen molar-refractivity contribution >= 4 is 15.7 Å². The van der Waals surface area contributed by atoms with Gasteiger partial charge in [0.25, 0.3) is 0 Å². The van der Waals surface area contributed by atoms with Gasteiger partial charge in [-0.3, -0.25) is 9.69 Å². The van der Waals surface area contributed by atoms with Gasteiger partial charge in [-0.25, -0.2) is 8.42 Å². The number of hydrogen-bond donors (Lipinski definition) is 1. The number of amides is 1. The Morgan fingerprint density at radius 1 is 1.07 bits per heavy atom. The molecule has 1 unspecified atom stereocenters. The molecule has 2 aliphatic rings. The van der Waals surface area contributed by atoms with Gasteiger partial charge in [0.1, 0.15) is 0 Å². The number of nitrogens with zero attached hydrogens (tertiary/aromatic N) is 1. The Bertz CT molecular complexity index is 979. The molecule has 30 heavy (non-hydrogen) atoms. The summed E-state index contributed by atoms with van der Waals surface area (Å²) in [5.41, 5.74) is 3.75. The van der Waals surface area contributed by atoms with Crippen molar-refractivity contribution in [3.63, 3.8) is 0 Å². The van der Waals surface area contributed by atoms with Crippen molar-refractivity contribution in [1.82, 2.24) is 10.2 Å². The van der Waals surface area contributed by atoms with Crippen LogP contribution in [-0.4, -0.2) is 49.9 Å². The molecule has 0 saturated carbocycles. The maximum absolute atomic E-state index is 12.6. The van der Waals surface area contributed by atoms with Crippen LogP contribution in [0.1, 0.15) is 29.5 Å². The first-order chi connectivity index (χ1) is 14.4. The molecule has 5 nitrogen and oxygen atoms in total. The van der Waals surface area contributed by atoms with Crippen molar-refractivity contribution in [2.45, 2.75) is 37.8 Å². The number of carbonyl (C=O) groups excluding carboxylic acids is 1. The number of hydrogen-bond acceptors (Lipinski definition) is 4. The quantitative estimate of drug-likeness (QED) is 0.739. The monoisotopic (exact) mass is 426 g/mol. The standard InChI is InChI=1S/C24H30N2O3S/c1-26(16-19-7-3-2-4-8-19)24(14-21-9-5-6-10-22(21)15-24)18-25-23(27)13-20-11-12-30(28,29)17-20/h2-10,20H,11-18H2,1H3,(H,25,27). The lowest BCUT2D eigenvalue weighted by Crippen LogP contribution is -2.55. The summed E-state index contributed by atoms with van der Waals surface area (Å²) >= 11 is 0. The summed E-state index contributed by atoms with van der Waals surface area (Å²) in [5.74, 6) is 0.267. The van der Waals surface area contributed by atoms with Crippen LogP contribution in [0.3, 0.4) is 0 Å². The van der Waals surface area contributed by atoms with Crippen LogP contribution in [0, 0.1) is 5.92 Å². The van der Waals surface area contributed by atoms with Gasteiger partial charge in [0.2, 0.25) is 5.91 Å². The summed E-state index contributed by atoms with van der Waals surface area (Å²) in [6, 6.07) is 18.9. The molecule has 1 fully saturated rings. The first kappa shape index (κ1) is 21.1. The number of carbonyl (C=O) groups is 1. The molecule has 1 aliphatic carbocycles. The van der Waals surface area contributed by atoms with E-state index in [1.54, 1.807) is 0 Å². The largest absolute Gasteiger partial charge is 0.354 e. The van der Waals surface area contributed by atoms with Crippen LogP contribution in [0.5, 0.6) is 0 Å². The van der Waals surface area contributed by atoms with Gasteiger partial charge in [0.05, 0.1) is 11.5 Å². The molecule has 1 atom stereocenters. The third-order valence-electron chi connectivity index (χ3n) is 6.65. The molecule has 1 N–H and O–H groups in total. The minimum absolute atomic E-state index is 0.0412. The highest BCUT2D eigenvalue weighted by Gasteiger charge is 2.41. The maximum atomic E-state index is 12.6. The number of nitrogens with one attached hydrogen (secondary N) is 1. The average Bonchev–Trinajstić information content (AvgIpc) is 3.27.